The van der Waals surface area contributed by atoms with Crippen molar-refractivity contribution in [3.05, 3.63) is 60.8 Å². The number of hydrogen-bond donors (Lipinski definition) is 3. The summed E-state index contributed by atoms with van der Waals surface area (Å²) in [4.78, 5) is 8.58. The zero-order valence-corrected chi connectivity index (χ0v) is 13.9. The van der Waals surface area contributed by atoms with Crippen molar-refractivity contribution >= 4 is 31.1 Å². The summed E-state index contributed by atoms with van der Waals surface area (Å²) in [6, 6.07) is 17.7. The summed E-state index contributed by atoms with van der Waals surface area (Å²) in [5.41, 5.74) is 8.90. The van der Waals surface area contributed by atoms with Gasteiger partial charge in [0.25, 0.3) is 0 Å². The van der Waals surface area contributed by atoms with Crippen LogP contribution in [0.1, 0.15) is 13.8 Å². The summed E-state index contributed by atoms with van der Waals surface area (Å²) in [6.45, 7) is 4.00. The number of carbonyl (C=O) groups excluding carboxylic acids is 1. The molecule has 3 aromatic rings. The first-order valence-electron chi connectivity index (χ1n) is 7.61. The molecule has 0 saturated carbocycles. The number of hydrogen-bond acceptors (Lipinski definition) is 3. The third-order valence-corrected chi connectivity index (χ3v) is 2.89. The molecule has 4 N–H and O–H groups in total. The highest BCUT2D eigenvalue weighted by molar-refractivity contribution is 6.32. The largest absolute Gasteiger partial charge is 0.372 e. The van der Waals surface area contributed by atoms with Crippen LogP contribution in [0.3, 0.4) is 0 Å². The van der Waals surface area contributed by atoms with E-state index >= 15 is 0 Å². The van der Waals surface area contributed by atoms with E-state index in [2.05, 4.69) is 21.2 Å². The first kappa shape index (κ1) is 19.0. The van der Waals surface area contributed by atoms with Crippen molar-refractivity contribution in [2.24, 2.45) is 5.73 Å². The minimum atomic E-state index is 0.250. The average molecular weight is 320 g/mol. The zero-order valence-electron chi connectivity index (χ0n) is 13.9. The second kappa shape index (κ2) is 10.7. The minimum absolute atomic E-state index is 0.250. The second-order valence-corrected chi connectivity index (χ2v) is 4.41. The number of aromatic nitrogens is 2. The molecule has 2 radical (unpaired) electrons. The van der Waals surface area contributed by atoms with Gasteiger partial charge in [-0.3, -0.25) is 9.89 Å². The smallest absolute Gasteiger partial charge is 0.204 e. The molecular formula is C18H21BN4O. The van der Waals surface area contributed by atoms with Crippen molar-refractivity contribution in [3.8, 4) is 11.3 Å². The molecule has 0 aliphatic heterocycles. The molecular weight excluding hydrogens is 299 g/mol. The molecule has 0 bridgehead atoms. The van der Waals surface area contributed by atoms with Gasteiger partial charge in [0.2, 0.25) is 6.41 Å². The Hall–Kier alpha value is -3.02. The van der Waals surface area contributed by atoms with Crippen LogP contribution in [-0.2, 0) is 4.79 Å². The number of anilines is 2. The number of amides is 1. The van der Waals surface area contributed by atoms with Gasteiger partial charge in [0.05, 0.1) is 17.6 Å². The van der Waals surface area contributed by atoms with Gasteiger partial charge in [-0.05, 0) is 12.1 Å². The molecule has 0 atom stereocenters. The number of H-pyrrole nitrogens is 1. The molecule has 1 aromatic heterocycles. The monoisotopic (exact) mass is 320 g/mol. The third-order valence-electron chi connectivity index (χ3n) is 2.89. The normalized spacial score (nSPS) is 8.92. The van der Waals surface area contributed by atoms with E-state index in [-0.39, 0.29) is 6.41 Å². The van der Waals surface area contributed by atoms with Crippen LogP contribution in [0.5, 0.6) is 0 Å². The number of primary amides is 1. The van der Waals surface area contributed by atoms with Crippen LogP contribution in [0.25, 0.3) is 11.3 Å². The van der Waals surface area contributed by atoms with Gasteiger partial charge >= 0.3 is 0 Å². The van der Waals surface area contributed by atoms with Gasteiger partial charge in [0, 0.05) is 11.3 Å². The molecule has 1 heterocycles. The van der Waals surface area contributed by atoms with Crippen molar-refractivity contribution in [1.82, 2.24) is 10.2 Å². The Kier molecular flexibility index (Phi) is 8.46. The Morgan fingerprint density at radius 1 is 1.08 bits per heavy atom. The lowest BCUT2D eigenvalue weighted by Gasteiger charge is -2.07. The van der Waals surface area contributed by atoms with Gasteiger partial charge in [-0.2, -0.15) is 5.10 Å². The highest BCUT2D eigenvalue weighted by atomic mass is 16.1. The topological polar surface area (TPSA) is 83.8 Å². The maximum Gasteiger partial charge on any atom is 0.204 e. The van der Waals surface area contributed by atoms with E-state index in [1.807, 2.05) is 68.4 Å². The van der Waals surface area contributed by atoms with E-state index in [0.717, 1.165) is 28.1 Å². The predicted octanol–water partition coefficient (Wildman–Crippen LogP) is 2.74. The maximum absolute atomic E-state index is 8.58. The van der Waals surface area contributed by atoms with E-state index in [0.29, 0.717) is 0 Å². The number of benzene rings is 2. The highest BCUT2D eigenvalue weighted by Crippen LogP contribution is 2.27. The fraction of sp³-hybridized carbons (Fsp3) is 0.111. The summed E-state index contributed by atoms with van der Waals surface area (Å²) >= 11 is 0. The fourth-order valence-corrected chi connectivity index (χ4v) is 1.93. The van der Waals surface area contributed by atoms with Crippen LogP contribution < -0.4 is 16.5 Å². The van der Waals surface area contributed by atoms with Crippen molar-refractivity contribution in [1.29, 1.82) is 0 Å². The van der Waals surface area contributed by atoms with Gasteiger partial charge in [0.1, 0.15) is 7.85 Å². The summed E-state index contributed by atoms with van der Waals surface area (Å²) in [6.07, 6.45) is 2.03. The minimum Gasteiger partial charge on any atom is -0.372 e. The lowest BCUT2D eigenvalue weighted by Crippen LogP contribution is -2.00. The average Bonchev–Trinajstić information content (AvgIpc) is 3.08. The van der Waals surface area contributed by atoms with Crippen molar-refractivity contribution in [2.45, 2.75) is 13.8 Å². The quantitative estimate of drug-likeness (QED) is 0.512. The Morgan fingerprint density at radius 3 is 2.25 bits per heavy atom. The number of rotatable bonds is 3. The lowest BCUT2D eigenvalue weighted by atomic mass is 9.96. The van der Waals surface area contributed by atoms with Crippen molar-refractivity contribution in [3.63, 3.8) is 0 Å². The van der Waals surface area contributed by atoms with Gasteiger partial charge < -0.3 is 11.1 Å². The highest BCUT2D eigenvalue weighted by Gasteiger charge is 2.07. The van der Waals surface area contributed by atoms with Gasteiger partial charge in [-0.1, -0.05) is 61.8 Å². The molecule has 1 amide bonds. The number of nitrogens with two attached hydrogens (primary N) is 1. The molecule has 3 rings (SSSR count). The Morgan fingerprint density at radius 2 is 1.67 bits per heavy atom. The van der Waals surface area contributed by atoms with E-state index in [4.69, 9.17) is 12.6 Å². The molecule has 122 valence electrons. The number of aromatic amines is 1. The first-order chi connectivity index (χ1) is 11.7. The van der Waals surface area contributed by atoms with Crippen LogP contribution in [0.15, 0.2) is 60.8 Å². The fourth-order valence-electron chi connectivity index (χ4n) is 1.93. The molecule has 0 fully saturated rings. The van der Waals surface area contributed by atoms with Gasteiger partial charge in [0.15, 0.2) is 0 Å². The molecule has 0 spiro atoms. The van der Waals surface area contributed by atoms with Crippen LogP contribution in [0.2, 0.25) is 0 Å². The second-order valence-electron chi connectivity index (χ2n) is 4.41. The Balaban J connectivity index is 0.000000521. The standard InChI is InChI=1S/C15H12BN3.C2H6.CH3NO/c16-12-6-8-13(9-7-12)18-14-10-17-19-15(14)11-4-2-1-3-5-11;1-2;2-1-3/h1-10,18H,(H,17,19);1-2H3;1H,(H2,2,3). The lowest BCUT2D eigenvalue weighted by molar-refractivity contribution is -0.106. The van der Waals surface area contributed by atoms with E-state index in [9.17, 15) is 0 Å². The molecule has 2 aromatic carbocycles. The Bertz CT molecular complexity index is 711. The van der Waals surface area contributed by atoms with Crippen molar-refractivity contribution in [2.75, 3.05) is 5.32 Å². The summed E-state index contributed by atoms with van der Waals surface area (Å²) in [7, 11) is 5.67. The molecule has 6 heteroatoms. The summed E-state index contributed by atoms with van der Waals surface area (Å²) < 4.78 is 0. The molecule has 0 unspecified atom stereocenters. The van der Waals surface area contributed by atoms with Crippen LogP contribution in [-0.4, -0.2) is 24.5 Å². The SMILES string of the molecule is CC.NC=O.[B]c1ccc(Nc2cn[nH]c2-c2ccccc2)cc1. The molecule has 24 heavy (non-hydrogen) atoms. The molecule has 5 nitrogen and oxygen atoms in total. The predicted molar refractivity (Wildman–Crippen MR) is 101 cm³/mol. The van der Waals surface area contributed by atoms with E-state index in [1.165, 1.54) is 0 Å². The van der Waals surface area contributed by atoms with Crippen LogP contribution in [0.4, 0.5) is 11.4 Å². The zero-order chi connectivity index (χ0) is 17.8. The summed E-state index contributed by atoms with van der Waals surface area (Å²) in [5.74, 6) is 0. The Labute approximate surface area is 143 Å². The summed E-state index contributed by atoms with van der Waals surface area (Å²) in [5, 5.41) is 10.4. The number of nitrogens with one attached hydrogen (secondary N) is 2. The first-order valence-corrected chi connectivity index (χ1v) is 7.61. The number of carbonyl (C=O) groups is 1. The molecule has 0 aliphatic carbocycles. The maximum atomic E-state index is 8.58. The van der Waals surface area contributed by atoms with Gasteiger partial charge in [-0.15, -0.1) is 0 Å². The van der Waals surface area contributed by atoms with Crippen LogP contribution >= 0.6 is 0 Å². The van der Waals surface area contributed by atoms with Gasteiger partial charge in [-0.25, -0.2) is 0 Å². The third kappa shape index (κ3) is 5.64. The number of nitrogens with zero attached hydrogens (tertiary/aromatic N) is 1. The van der Waals surface area contributed by atoms with E-state index < -0.39 is 0 Å². The molecule has 0 aliphatic rings. The molecule has 0 saturated heterocycles. The van der Waals surface area contributed by atoms with Crippen molar-refractivity contribution < 1.29 is 4.79 Å². The van der Waals surface area contributed by atoms with Crippen LogP contribution in [0, 0.1) is 0 Å². The van der Waals surface area contributed by atoms with E-state index in [1.54, 1.807) is 6.20 Å².